The molecular weight excluding hydrogens is 336 g/mol. The van der Waals surface area contributed by atoms with Crippen molar-refractivity contribution >= 4 is 40.0 Å². The number of benzene rings is 1. The smallest absolute Gasteiger partial charge is 0.234 e. The number of rotatable bonds is 4. The number of amides is 1. The topological polar surface area (TPSA) is 72.4 Å². The molecule has 0 fully saturated rings. The Labute approximate surface area is 148 Å². The van der Waals surface area contributed by atoms with Gasteiger partial charge < -0.3 is 9.73 Å². The summed E-state index contributed by atoms with van der Waals surface area (Å²) in [6, 6.07) is 9.67. The number of anilines is 1. The Morgan fingerprint density at radius 1 is 1.20 bits per heavy atom. The summed E-state index contributed by atoms with van der Waals surface area (Å²) in [5, 5.41) is 11.8. The van der Waals surface area contributed by atoms with E-state index in [-0.39, 0.29) is 11.7 Å². The second-order valence-electron chi connectivity index (χ2n) is 5.84. The predicted molar refractivity (Wildman–Crippen MR) is 98.0 cm³/mol. The molecule has 0 bridgehead atoms. The number of aryl methyl sites for hydroxylation is 2. The molecule has 1 amide bonds. The molecule has 0 spiro atoms. The summed E-state index contributed by atoms with van der Waals surface area (Å²) in [6.07, 6.45) is 3.29. The second kappa shape index (κ2) is 6.25. The van der Waals surface area contributed by atoms with E-state index in [1.807, 2.05) is 48.6 Å². The summed E-state index contributed by atoms with van der Waals surface area (Å²) in [4.78, 5) is 12.2. The molecule has 4 rings (SSSR count). The molecule has 4 aromatic rings. The van der Waals surface area contributed by atoms with Gasteiger partial charge in [-0.2, -0.15) is 0 Å². The van der Waals surface area contributed by atoms with Gasteiger partial charge in [0, 0.05) is 17.8 Å². The first-order valence-electron chi connectivity index (χ1n) is 7.81. The Balaban J connectivity index is 1.50. The summed E-state index contributed by atoms with van der Waals surface area (Å²) in [6.45, 7) is 4.07. The van der Waals surface area contributed by atoms with Crippen LogP contribution in [0.5, 0.6) is 0 Å². The van der Waals surface area contributed by atoms with Crippen LogP contribution in [0.15, 0.2) is 52.4 Å². The normalized spacial score (nSPS) is 11.3. The van der Waals surface area contributed by atoms with Gasteiger partial charge in [-0.3, -0.25) is 9.20 Å². The molecule has 0 aliphatic heterocycles. The van der Waals surface area contributed by atoms with E-state index in [4.69, 9.17) is 4.42 Å². The van der Waals surface area contributed by atoms with Crippen molar-refractivity contribution in [2.45, 2.75) is 18.9 Å². The van der Waals surface area contributed by atoms with E-state index in [0.717, 1.165) is 27.9 Å². The van der Waals surface area contributed by atoms with E-state index in [9.17, 15) is 4.79 Å². The first-order valence-corrected chi connectivity index (χ1v) is 8.80. The van der Waals surface area contributed by atoms with Crippen LogP contribution in [0.4, 0.5) is 5.69 Å². The summed E-state index contributed by atoms with van der Waals surface area (Å²) < 4.78 is 7.33. The van der Waals surface area contributed by atoms with Crippen LogP contribution in [0.25, 0.3) is 16.6 Å². The zero-order valence-corrected chi connectivity index (χ0v) is 14.6. The number of fused-ring (bicyclic) bond motifs is 3. The van der Waals surface area contributed by atoms with Crippen LogP contribution in [0.1, 0.15) is 11.1 Å². The van der Waals surface area contributed by atoms with E-state index >= 15 is 0 Å². The lowest BCUT2D eigenvalue weighted by Gasteiger charge is -2.07. The summed E-state index contributed by atoms with van der Waals surface area (Å²) >= 11 is 1.36. The number of carbonyl (C=O) groups is 1. The standard InChI is InChI=1S/C18H16N4O2S/c1-11-3-4-13(7-12(11)2)20-17(23)9-25-18-15-8-16-14(5-6-24-16)22(15)10-19-21-18/h3-8,10H,9H2,1-2H3,(H,20,23). The first-order chi connectivity index (χ1) is 12.1. The van der Waals surface area contributed by atoms with Crippen molar-refractivity contribution in [3.05, 3.63) is 54.0 Å². The van der Waals surface area contributed by atoms with Crippen LogP contribution >= 0.6 is 11.8 Å². The lowest BCUT2D eigenvalue weighted by molar-refractivity contribution is -0.113. The van der Waals surface area contributed by atoms with Gasteiger partial charge in [0.25, 0.3) is 0 Å². The molecule has 6 nitrogen and oxygen atoms in total. The Hall–Kier alpha value is -2.80. The minimum Gasteiger partial charge on any atom is -0.463 e. The van der Waals surface area contributed by atoms with Gasteiger partial charge in [-0.15, -0.1) is 10.2 Å². The van der Waals surface area contributed by atoms with Crippen LogP contribution in [-0.4, -0.2) is 26.3 Å². The third kappa shape index (κ3) is 2.98. The molecule has 0 unspecified atom stereocenters. The number of nitrogens with one attached hydrogen (secondary N) is 1. The van der Waals surface area contributed by atoms with Crippen LogP contribution in [-0.2, 0) is 4.79 Å². The molecular formula is C18H16N4O2S. The molecule has 3 heterocycles. The van der Waals surface area contributed by atoms with Gasteiger partial charge in [0.2, 0.25) is 5.91 Å². The van der Waals surface area contributed by atoms with Crippen LogP contribution in [0.2, 0.25) is 0 Å². The molecule has 1 aromatic carbocycles. The van der Waals surface area contributed by atoms with Gasteiger partial charge in [0.05, 0.1) is 23.0 Å². The average Bonchev–Trinajstić information content (AvgIpc) is 3.18. The lowest BCUT2D eigenvalue weighted by atomic mass is 10.1. The first kappa shape index (κ1) is 15.7. The van der Waals surface area contributed by atoms with Gasteiger partial charge in [-0.1, -0.05) is 17.8 Å². The fourth-order valence-corrected chi connectivity index (χ4v) is 3.42. The van der Waals surface area contributed by atoms with E-state index in [2.05, 4.69) is 15.5 Å². The maximum atomic E-state index is 12.2. The third-order valence-electron chi connectivity index (χ3n) is 4.13. The number of hydrogen-bond acceptors (Lipinski definition) is 5. The quantitative estimate of drug-likeness (QED) is 0.565. The fraction of sp³-hybridized carbons (Fsp3) is 0.167. The Kier molecular flexibility index (Phi) is 3.93. The molecule has 0 aliphatic rings. The van der Waals surface area contributed by atoms with E-state index < -0.39 is 0 Å². The number of aromatic nitrogens is 3. The van der Waals surface area contributed by atoms with Crippen molar-refractivity contribution in [1.82, 2.24) is 14.6 Å². The number of carbonyl (C=O) groups excluding carboxylic acids is 1. The van der Waals surface area contributed by atoms with E-state index in [1.165, 1.54) is 17.3 Å². The molecule has 0 saturated carbocycles. The van der Waals surface area contributed by atoms with Crippen molar-refractivity contribution in [3.8, 4) is 0 Å². The highest BCUT2D eigenvalue weighted by atomic mass is 32.2. The molecule has 0 atom stereocenters. The summed E-state index contributed by atoms with van der Waals surface area (Å²) in [7, 11) is 0. The van der Waals surface area contributed by atoms with Crippen molar-refractivity contribution in [2.24, 2.45) is 0 Å². The monoisotopic (exact) mass is 352 g/mol. The lowest BCUT2D eigenvalue weighted by Crippen LogP contribution is -2.14. The maximum absolute atomic E-state index is 12.2. The molecule has 7 heteroatoms. The predicted octanol–water partition coefficient (Wildman–Crippen LogP) is 3.82. The molecule has 126 valence electrons. The molecule has 25 heavy (non-hydrogen) atoms. The Morgan fingerprint density at radius 3 is 2.92 bits per heavy atom. The molecule has 3 aromatic heterocycles. The number of nitrogens with zero attached hydrogens (tertiary/aromatic N) is 3. The molecule has 0 radical (unpaired) electrons. The second-order valence-corrected chi connectivity index (χ2v) is 6.81. The fourth-order valence-electron chi connectivity index (χ4n) is 2.67. The van der Waals surface area contributed by atoms with Gasteiger partial charge in [0.1, 0.15) is 11.4 Å². The van der Waals surface area contributed by atoms with Crippen molar-refractivity contribution in [2.75, 3.05) is 11.1 Å². The minimum absolute atomic E-state index is 0.0766. The highest BCUT2D eigenvalue weighted by Crippen LogP contribution is 2.27. The molecule has 0 aliphatic carbocycles. The zero-order chi connectivity index (χ0) is 17.4. The van der Waals surface area contributed by atoms with E-state index in [0.29, 0.717) is 5.03 Å². The third-order valence-corrected chi connectivity index (χ3v) is 5.10. The largest absolute Gasteiger partial charge is 0.463 e. The SMILES string of the molecule is Cc1ccc(NC(=O)CSc2nncn3c2cc2occc23)cc1C. The Bertz CT molecular complexity index is 1080. The van der Waals surface area contributed by atoms with Gasteiger partial charge >= 0.3 is 0 Å². The summed E-state index contributed by atoms with van der Waals surface area (Å²) in [5.74, 6) is 0.181. The number of hydrogen-bond donors (Lipinski definition) is 1. The van der Waals surface area contributed by atoms with Crippen molar-refractivity contribution < 1.29 is 9.21 Å². The van der Waals surface area contributed by atoms with Crippen LogP contribution < -0.4 is 5.32 Å². The highest BCUT2D eigenvalue weighted by Gasteiger charge is 2.13. The number of furan rings is 1. The Morgan fingerprint density at radius 2 is 2.08 bits per heavy atom. The van der Waals surface area contributed by atoms with Gasteiger partial charge in [-0.25, -0.2) is 0 Å². The van der Waals surface area contributed by atoms with Crippen molar-refractivity contribution in [1.29, 1.82) is 0 Å². The average molecular weight is 352 g/mol. The summed E-state index contributed by atoms with van der Waals surface area (Å²) in [5.41, 5.74) is 5.75. The van der Waals surface area contributed by atoms with E-state index in [1.54, 1.807) is 12.6 Å². The maximum Gasteiger partial charge on any atom is 0.234 e. The zero-order valence-electron chi connectivity index (χ0n) is 13.8. The molecule has 0 saturated heterocycles. The van der Waals surface area contributed by atoms with Crippen molar-refractivity contribution in [3.63, 3.8) is 0 Å². The highest BCUT2D eigenvalue weighted by molar-refractivity contribution is 8.00. The van der Waals surface area contributed by atoms with Gasteiger partial charge in [-0.05, 0) is 37.1 Å². The van der Waals surface area contributed by atoms with Crippen LogP contribution in [0, 0.1) is 13.8 Å². The van der Waals surface area contributed by atoms with Gasteiger partial charge in [0.15, 0.2) is 5.58 Å². The number of thioether (sulfide) groups is 1. The minimum atomic E-state index is -0.0766. The molecule has 1 N–H and O–H groups in total. The van der Waals surface area contributed by atoms with Crippen LogP contribution in [0.3, 0.4) is 0 Å².